The summed E-state index contributed by atoms with van der Waals surface area (Å²) in [6.45, 7) is 3.71. The first-order valence-corrected chi connectivity index (χ1v) is 3.69. The molecule has 0 aromatic rings. The number of alkyl halides is 3. The van der Waals surface area contributed by atoms with E-state index in [-0.39, 0.29) is 5.92 Å². The first-order chi connectivity index (χ1) is 4.00. The van der Waals surface area contributed by atoms with Crippen LogP contribution in [0.5, 0.6) is 0 Å². The third-order valence-electron chi connectivity index (χ3n) is 0.272. The van der Waals surface area contributed by atoms with Crippen molar-refractivity contribution in [3.63, 3.8) is 0 Å². The van der Waals surface area contributed by atoms with Gasteiger partial charge in [0.05, 0.1) is 0 Å². The maximum atomic E-state index is 9.50. The van der Waals surface area contributed by atoms with E-state index in [9.17, 15) is 4.79 Å². The Bertz CT molecular complexity index is 60.5. The molecular weight excluding hydrogens is 182 g/mol. The highest BCUT2D eigenvalue weighted by atomic mass is 35.6. The van der Waals surface area contributed by atoms with Gasteiger partial charge in [0.1, 0.15) is 6.29 Å². The van der Waals surface area contributed by atoms with E-state index < -0.39 is 4.30 Å². The molecule has 0 atom stereocenters. The van der Waals surface area contributed by atoms with Gasteiger partial charge in [-0.3, -0.25) is 0 Å². The van der Waals surface area contributed by atoms with Crippen LogP contribution in [-0.4, -0.2) is 10.6 Å². The van der Waals surface area contributed by atoms with Crippen LogP contribution in [0.15, 0.2) is 0 Å². The fourth-order valence-corrected chi connectivity index (χ4v) is 0. The van der Waals surface area contributed by atoms with Crippen LogP contribution in [0.2, 0.25) is 0 Å². The van der Waals surface area contributed by atoms with Crippen LogP contribution < -0.4 is 0 Å². The Hall–Kier alpha value is 0.540. The van der Waals surface area contributed by atoms with Crippen molar-refractivity contribution in [2.75, 3.05) is 0 Å². The molecule has 56 valence electrons. The first kappa shape index (κ1) is 12.2. The van der Waals surface area contributed by atoms with E-state index in [1.807, 2.05) is 13.8 Å². The van der Waals surface area contributed by atoms with Gasteiger partial charge in [0.25, 0.3) is 0 Å². The molecule has 0 aliphatic heterocycles. The zero-order valence-electron chi connectivity index (χ0n) is 5.27. The van der Waals surface area contributed by atoms with E-state index in [1.165, 1.54) is 0 Å². The van der Waals surface area contributed by atoms with Gasteiger partial charge in [0.15, 0.2) is 4.30 Å². The Morgan fingerprint density at radius 1 is 1.22 bits per heavy atom. The van der Waals surface area contributed by atoms with Crippen LogP contribution in [0.1, 0.15) is 13.8 Å². The molecule has 1 nitrogen and oxygen atoms in total. The average molecular weight is 191 g/mol. The van der Waals surface area contributed by atoms with Crippen molar-refractivity contribution >= 4 is 41.1 Å². The third-order valence-corrected chi connectivity index (χ3v) is 0.272. The largest absolute Gasteiger partial charge is 0.303 e. The number of carbonyl (C=O) groups excluding carboxylic acids is 1. The summed E-state index contributed by atoms with van der Waals surface area (Å²) in [6.07, 6.45) is 0.917. The summed E-state index contributed by atoms with van der Waals surface area (Å²) in [7, 11) is 0. The molecule has 0 saturated carbocycles. The molecule has 0 saturated heterocycles. The van der Waals surface area contributed by atoms with Gasteiger partial charge in [-0.1, -0.05) is 48.7 Å². The topological polar surface area (TPSA) is 17.1 Å². The van der Waals surface area contributed by atoms with Crippen LogP contribution >= 0.6 is 34.8 Å². The second-order valence-electron chi connectivity index (χ2n) is 1.63. The molecular formula is C5H9Cl3O. The number of carbonyl (C=O) groups is 1. The SMILES string of the molecule is CC(C)C=O.ClC(Cl)Cl. The van der Waals surface area contributed by atoms with E-state index in [0.29, 0.717) is 0 Å². The van der Waals surface area contributed by atoms with E-state index in [0.717, 1.165) is 6.29 Å². The van der Waals surface area contributed by atoms with Crippen molar-refractivity contribution in [2.45, 2.75) is 18.1 Å². The minimum absolute atomic E-state index is 0.204. The second kappa shape index (κ2) is 8.54. The standard InChI is InChI=1S/C4H8O.CHCl3/c1-4(2)3-5;2-1(3)4/h3-4H,1-2H3;1H. The van der Waals surface area contributed by atoms with Gasteiger partial charge in [0.2, 0.25) is 0 Å². The van der Waals surface area contributed by atoms with Gasteiger partial charge in [-0.25, -0.2) is 0 Å². The molecule has 0 rings (SSSR count). The maximum Gasteiger partial charge on any atom is 0.180 e. The highest BCUT2D eigenvalue weighted by molar-refractivity contribution is 6.63. The fraction of sp³-hybridized carbons (Fsp3) is 0.800. The van der Waals surface area contributed by atoms with Gasteiger partial charge in [-0.05, 0) is 0 Å². The van der Waals surface area contributed by atoms with Crippen molar-refractivity contribution in [3.8, 4) is 0 Å². The van der Waals surface area contributed by atoms with Gasteiger partial charge >= 0.3 is 0 Å². The van der Waals surface area contributed by atoms with Gasteiger partial charge in [-0.2, -0.15) is 0 Å². The van der Waals surface area contributed by atoms with Crippen molar-refractivity contribution in [1.82, 2.24) is 0 Å². The molecule has 0 aromatic heterocycles. The van der Waals surface area contributed by atoms with Gasteiger partial charge < -0.3 is 4.79 Å². The summed E-state index contributed by atoms with van der Waals surface area (Å²) < 4.78 is -0.750. The number of rotatable bonds is 1. The smallest absolute Gasteiger partial charge is 0.180 e. The van der Waals surface area contributed by atoms with Gasteiger partial charge in [-0.15, -0.1) is 0 Å². The lowest BCUT2D eigenvalue weighted by Gasteiger charge is -1.78. The Morgan fingerprint density at radius 2 is 1.33 bits per heavy atom. The Labute approximate surface area is 70.3 Å². The van der Waals surface area contributed by atoms with Crippen LogP contribution in [0, 0.1) is 5.92 Å². The summed E-state index contributed by atoms with van der Waals surface area (Å²) >= 11 is 14.4. The molecule has 0 spiro atoms. The molecule has 0 aliphatic carbocycles. The van der Waals surface area contributed by atoms with Gasteiger partial charge in [0, 0.05) is 5.92 Å². The van der Waals surface area contributed by atoms with Crippen LogP contribution in [0.4, 0.5) is 0 Å². The Morgan fingerprint density at radius 3 is 1.33 bits per heavy atom. The fourth-order valence-electron chi connectivity index (χ4n) is 0. The summed E-state index contributed by atoms with van der Waals surface area (Å²) in [6, 6.07) is 0. The number of hydrogen-bond acceptors (Lipinski definition) is 1. The third kappa shape index (κ3) is 56.6. The summed E-state index contributed by atoms with van der Waals surface area (Å²) in [5.74, 6) is 0.204. The second-order valence-corrected chi connectivity index (χ2v) is 3.61. The summed E-state index contributed by atoms with van der Waals surface area (Å²) in [5, 5.41) is 0. The molecule has 0 bridgehead atoms. The Kier molecular flexibility index (Phi) is 11.6. The zero-order chi connectivity index (χ0) is 7.86. The predicted octanol–water partition coefficient (Wildman–Crippen LogP) is 2.83. The summed E-state index contributed by atoms with van der Waals surface area (Å²) in [4.78, 5) is 9.50. The molecule has 4 heteroatoms. The summed E-state index contributed by atoms with van der Waals surface area (Å²) in [5.41, 5.74) is 0. The quantitative estimate of drug-likeness (QED) is 0.460. The molecule has 0 heterocycles. The molecule has 0 radical (unpaired) electrons. The maximum absolute atomic E-state index is 9.50. The van der Waals surface area contributed by atoms with Crippen LogP contribution in [0.3, 0.4) is 0 Å². The predicted molar refractivity (Wildman–Crippen MR) is 42.2 cm³/mol. The number of aldehydes is 1. The molecule has 0 aromatic carbocycles. The van der Waals surface area contributed by atoms with E-state index in [4.69, 9.17) is 34.8 Å². The zero-order valence-corrected chi connectivity index (χ0v) is 7.54. The van der Waals surface area contributed by atoms with Crippen molar-refractivity contribution in [3.05, 3.63) is 0 Å². The highest BCUT2D eigenvalue weighted by Crippen LogP contribution is 2.03. The molecule has 0 unspecified atom stereocenters. The minimum atomic E-state index is -0.750. The normalized spacial score (nSPS) is 8.78. The number of halogens is 3. The average Bonchev–Trinajstić information content (AvgIpc) is 1.65. The Balaban J connectivity index is 0. The first-order valence-electron chi connectivity index (χ1n) is 2.38. The lowest BCUT2D eigenvalue weighted by atomic mass is 10.3. The van der Waals surface area contributed by atoms with E-state index in [2.05, 4.69) is 0 Å². The lowest BCUT2D eigenvalue weighted by molar-refractivity contribution is -0.110. The van der Waals surface area contributed by atoms with Crippen molar-refractivity contribution in [2.24, 2.45) is 5.92 Å². The molecule has 0 fully saturated rings. The van der Waals surface area contributed by atoms with E-state index in [1.54, 1.807) is 0 Å². The minimum Gasteiger partial charge on any atom is -0.303 e. The molecule has 0 aliphatic rings. The van der Waals surface area contributed by atoms with Crippen molar-refractivity contribution in [1.29, 1.82) is 0 Å². The molecule has 0 amide bonds. The number of hydrogen-bond donors (Lipinski definition) is 0. The molecule has 9 heavy (non-hydrogen) atoms. The monoisotopic (exact) mass is 190 g/mol. The van der Waals surface area contributed by atoms with Crippen molar-refractivity contribution < 1.29 is 4.79 Å². The van der Waals surface area contributed by atoms with Crippen LogP contribution in [0.25, 0.3) is 0 Å². The highest BCUT2D eigenvalue weighted by Gasteiger charge is 1.79. The van der Waals surface area contributed by atoms with E-state index >= 15 is 0 Å². The van der Waals surface area contributed by atoms with Crippen LogP contribution in [-0.2, 0) is 4.79 Å². The lowest BCUT2D eigenvalue weighted by Crippen LogP contribution is -1.82. The molecule has 0 N–H and O–H groups in total.